The first-order chi connectivity index (χ1) is 7.59. The lowest BCUT2D eigenvalue weighted by Gasteiger charge is -2.28. The molecule has 7 heteroatoms. The molecule has 1 aromatic rings. The maximum Gasteiger partial charge on any atom is 0.320 e. The van der Waals surface area contributed by atoms with Crippen molar-refractivity contribution in [3.63, 3.8) is 0 Å². The van der Waals surface area contributed by atoms with Gasteiger partial charge in [0.15, 0.2) is 4.60 Å². The van der Waals surface area contributed by atoms with Crippen LogP contribution < -0.4 is 5.32 Å². The van der Waals surface area contributed by atoms with Gasteiger partial charge in [-0.05, 0) is 35.2 Å². The van der Waals surface area contributed by atoms with E-state index < -0.39 is 12.0 Å². The van der Waals surface area contributed by atoms with Crippen molar-refractivity contribution in [2.24, 2.45) is 7.05 Å². The highest BCUT2D eigenvalue weighted by atomic mass is 79.9. The first-order valence-corrected chi connectivity index (χ1v) is 5.93. The Balaban J connectivity index is 2.19. The van der Waals surface area contributed by atoms with E-state index in [-0.39, 0.29) is 6.04 Å². The zero-order valence-electron chi connectivity index (χ0n) is 8.85. The Bertz CT molecular complexity index is 387. The molecule has 0 saturated carbocycles. The molecule has 16 heavy (non-hydrogen) atoms. The van der Waals surface area contributed by atoms with Crippen LogP contribution in [-0.2, 0) is 11.8 Å². The van der Waals surface area contributed by atoms with Gasteiger partial charge in [0.05, 0.1) is 11.7 Å². The van der Waals surface area contributed by atoms with Crippen LogP contribution in [0.15, 0.2) is 4.60 Å². The molecule has 0 amide bonds. The number of piperidine rings is 1. The van der Waals surface area contributed by atoms with Gasteiger partial charge in [-0.15, -0.1) is 5.10 Å². The minimum absolute atomic E-state index is 0.00391. The zero-order valence-corrected chi connectivity index (χ0v) is 10.4. The number of aryl methyl sites for hydroxylation is 1. The molecule has 1 aromatic heterocycles. The van der Waals surface area contributed by atoms with Crippen molar-refractivity contribution in [3.8, 4) is 0 Å². The van der Waals surface area contributed by atoms with Crippen molar-refractivity contribution in [2.45, 2.75) is 31.3 Å². The summed E-state index contributed by atoms with van der Waals surface area (Å²) in [6.45, 7) is 0. The van der Waals surface area contributed by atoms with Crippen LogP contribution >= 0.6 is 15.9 Å². The van der Waals surface area contributed by atoms with Gasteiger partial charge in [-0.25, -0.2) is 4.68 Å². The van der Waals surface area contributed by atoms with Gasteiger partial charge in [0.2, 0.25) is 0 Å². The number of hydrogen-bond donors (Lipinski definition) is 2. The fraction of sp³-hybridized carbons (Fsp3) is 0.667. The highest BCUT2D eigenvalue weighted by molar-refractivity contribution is 9.10. The number of halogens is 1. The highest BCUT2D eigenvalue weighted by Gasteiger charge is 2.30. The van der Waals surface area contributed by atoms with Crippen molar-refractivity contribution in [1.82, 2.24) is 20.3 Å². The molecule has 2 N–H and O–H groups in total. The number of carboxylic acids is 1. The van der Waals surface area contributed by atoms with E-state index in [9.17, 15) is 4.79 Å². The van der Waals surface area contributed by atoms with Crippen LogP contribution in [0.4, 0.5) is 0 Å². The summed E-state index contributed by atoms with van der Waals surface area (Å²) in [7, 11) is 1.80. The summed E-state index contributed by atoms with van der Waals surface area (Å²) in [4.78, 5) is 10.9. The molecule has 88 valence electrons. The van der Waals surface area contributed by atoms with Crippen molar-refractivity contribution in [1.29, 1.82) is 0 Å². The lowest BCUT2D eigenvalue weighted by Crippen LogP contribution is -2.43. The van der Waals surface area contributed by atoms with E-state index in [1.54, 1.807) is 11.7 Å². The van der Waals surface area contributed by atoms with Crippen LogP contribution in [0.2, 0.25) is 0 Å². The molecule has 0 spiro atoms. The van der Waals surface area contributed by atoms with Crippen molar-refractivity contribution < 1.29 is 9.90 Å². The van der Waals surface area contributed by atoms with E-state index in [2.05, 4.69) is 31.6 Å². The summed E-state index contributed by atoms with van der Waals surface area (Å²) in [5.74, 6) is -0.795. The average Bonchev–Trinajstić information content (AvgIpc) is 2.59. The molecule has 2 heterocycles. The molecule has 1 aliphatic heterocycles. The molecule has 1 fully saturated rings. The quantitative estimate of drug-likeness (QED) is 0.843. The third-order valence-corrected chi connectivity index (χ3v) is 3.41. The van der Waals surface area contributed by atoms with Gasteiger partial charge in [0.1, 0.15) is 6.04 Å². The second kappa shape index (κ2) is 4.50. The van der Waals surface area contributed by atoms with Crippen molar-refractivity contribution >= 4 is 21.9 Å². The zero-order chi connectivity index (χ0) is 11.7. The summed E-state index contributed by atoms with van der Waals surface area (Å²) >= 11 is 3.33. The second-order valence-corrected chi connectivity index (χ2v) is 4.68. The Kier molecular flexibility index (Phi) is 3.25. The predicted octanol–water partition coefficient (Wildman–Crippen LogP) is 0.845. The summed E-state index contributed by atoms with van der Waals surface area (Å²) in [6, 6.07) is -0.468. The largest absolute Gasteiger partial charge is 0.480 e. The fourth-order valence-electron chi connectivity index (χ4n) is 2.05. The van der Waals surface area contributed by atoms with Gasteiger partial charge < -0.3 is 5.11 Å². The van der Waals surface area contributed by atoms with Crippen LogP contribution in [-0.4, -0.2) is 32.1 Å². The SMILES string of the molecule is Cn1nnc(Br)c1C1CCCC(C(=O)O)N1. The molecule has 0 aromatic carbocycles. The molecule has 2 rings (SSSR count). The lowest BCUT2D eigenvalue weighted by atomic mass is 9.97. The summed E-state index contributed by atoms with van der Waals surface area (Å²) in [5.41, 5.74) is 0.908. The smallest absolute Gasteiger partial charge is 0.320 e. The number of aromatic nitrogens is 3. The number of rotatable bonds is 2. The minimum atomic E-state index is -0.795. The number of nitrogens with one attached hydrogen (secondary N) is 1. The number of carbonyl (C=O) groups is 1. The molecule has 0 bridgehead atoms. The van der Waals surface area contributed by atoms with Gasteiger partial charge in [-0.3, -0.25) is 10.1 Å². The highest BCUT2D eigenvalue weighted by Crippen LogP contribution is 2.28. The van der Waals surface area contributed by atoms with Gasteiger partial charge in [-0.1, -0.05) is 5.21 Å². The molecular formula is C9H13BrN4O2. The van der Waals surface area contributed by atoms with E-state index in [1.165, 1.54) is 0 Å². The summed E-state index contributed by atoms with van der Waals surface area (Å²) < 4.78 is 2.35. The average molecular weight is 289 g/mol. The first kappa shape index (κ1) is 11.5. The Labute approximate surface area is 101 Å². The normalized spacial score (nSPS) is 25.6. The molecular weight excluding hydrogens is 276 g/mol. The third kappa shape index (κ3) is 2.10. The van der Waals surface area contributed by atoms with Gasteiger partial charge in [0.25, 0.3) is 0 Å². The Morgan fingerprint density at radius 1 is 1.62 bits per heavy atom. The summed E-state index contributed by atoms with van der Waals surface area (Å²) in [6.07, 6.45) is 2.48. The number of carboxylic acid groups (broad SMARTS) is 1. The minimum Gasteiger partial charge on any atom is -0.480 e. The predicted molar refractivity (Wildman–Crippen MR) is 59.9 cm³/mol. The number of hydrogen-bond acceptors (Lipinski definition) is 4. The Morgan fingerprint density at radius 2 is 2.38 bits per heavy atom. The maximum atomic E-state index is 10.9. The monoisotopic (exact) mass is 288 g/mol. The van der Waals surface area contributed by atoms with Gasteiger partial charge in [-0.2, -0.15) is 0 Å². The molecule has 1 aliphatic rings. The van der Waals surface area contributed by atoms with E-state index >= 15 is 0 Å². The van der Waals surface area contributed by atoms with Crippen LogP contribution in [0.1, 0.15) is 31.0 Å². The van der Waals surface area contributed by atoms with Crippen LogP contribution in [0.5, 0.6) is 0 Å². The lowest BCUT2D eigenvalue weighted by molar-refractivity contribution is -0.140. The molecule has 2 unspecified atom stereocenters. The maximum absolute atomic E-state index is 10.9. The molecule has 0 aliphatic carbocycles. The van der Waals surface area contributed by atoms with Crippen LogP contribution in [0.25, 0.3) is 0 Å². The van der Waals surface area contributed by atoms with E-state index in [4.69, 9.17) is 5.11 Å². The van der Waals surface area contributed by atoms with Crippen LogP contribution in [0, 0.1) is 0 Å². The topological polar surface area (TPSA) is 80.0 Å². The molecule has 1 saturated heterocycles. The van der Waals surface area contributed by atoms with Crippen molar-refractivity contribution in [3.05, 3.63) is 10.3 Å². The molecule has 6 nitrogen and oxygen atoms in total. The standard InChI is InChI=1S/C9H13BrN4O2/c1-14-7(8(10)12-13-14)5-3-2-4-6(11-5)9(15)16/h5-6,11H,2-4H2,1H3,(H,15,16). The van der Waals surface area contributed by atoms with Crippen LogP contribution in [0.3, 0.4) is 0 Å². The third-order valence-electron chi connectivity index (χ3n) is 2.84. The second-order valence-electron chi connectivity index (χ2n) is 3.93. The molecule has 0 radical (unpaired) electrons. The number of nitrogens with zero attached hydrogens (tertiary/aromatic N) is 3. The Morgan fingerprint density at radius 3 is 2.94 bits per heavy atom. The summed E-state index contributed by atoms with van der Waals surface area (Å²) in [5, 5.41) is 19.9. The molecule has 2 atom stereocenters. The fourth-order valence-corrected chi connectivity index (χ4v) is 2.66. The number of aliphatic carboxylic acids is 1. The Hall–Kier alpha value is -0.950. The van der Waals surface area contributed by atoms with E-state index in [0.717, 1.165) is 18.5 Å². The first-order valence-electron chi connectivity index (χ1n) is 5.13. The van der Waals surface area contributed by atoms with Crippen molar-refractivity contribution in [2.75, 3.05) is 0 Å². The van der Waals surface area contributed by atoms with E-state index in [1.807, 2.05) is 0 Å². The van der Waals surface area contributed by atoms with Gasteiger partial charge >= 0.3 is 5.97 Å². The van der Waals surface area contributed by atoms with E-state index in [0.29, 0.717) is 11.0 Å². The van der Waals surface area contributed by atoms with Gasteiger partial charge in [0, 0.05) is 7.05 Å².